The number of hydrogen-bond acceptors (Lipinski definition) is 4. The first-order valence-corrected chi connectivity index (χ1v) is 2.71. The number of nitrogens with zero attached hydrogens (tertiary/aromatic N) is 1. The molecule has 0 aliphatic rings. The zero-order valence-corrected chi connectivity index (χ0v) is 5.57. The minimum absolute atomic E-state index is 1.21. The Morgan fingerprint density at radius 2 is 2.57 bits per heavy atom. The maximum absolute atomic E-state index is 8.31. The summed E-state index contributed by atoms with van der Waals surface area (Å²) in [6, 6.07) is 0. The van der Waals surface area contributed by atoms with Gasteiger partial charge in [0.25, 0.3) is 6.41 Å². The van der Waals surface area contributed by atoms with Crippen LogP contribution in [0.2, 0.25) is 0 Å². The fourth-order valence-electron chi connectivity index (χ4n) is 0.0833. The van der Waals surface area contributed by atoms with E-state index in [1.807, 2.05) is 22.6 Å². The van der Waals surface area contributed by atoms with E-state index in [1.165, 1.54) is 4.22 Å². The van der Waals surface area contributed by atoms with Crippen molar-refractivity contribution in [3.63, 3.8) is 0 Å². The molecule has 0 amide bonds. The lowest BCUT2D eigenvalue weighted by Gasteiger charge is -1.95. The Kier molecular flexibility index (Phi) is 4.62. The maximum Gasteiger partial charge on any atom is 0.272 e. The summed E-state index contributed by atoms with van der Waals surface area (Å²) < 4.78 is 1.37. The molecule has 42 valence electrons. The second-order valence-corrected chi connectivity index (χ2v) is 1.27. The molecule has 0 aromatic heterocycles. The van der Waals surface area contributed by atoms with Crippen LogP contribution in [0.4, 0.5) is 0 Å². The molecule has 0 aliphatic heterocycles. The fourth-order valence-corrected chi connectivity index (χ4v) is 0.358. The van der Waals surface area contributed by atoms with Crippen LogP contribution in [-0.4, -0.2) is 15.7 Å². The summed E-state index contributed by atoms with van der Waals surface area (Å²) in [4.78, 5) is 7.16. The molecule has 0 spiro atoms. The number of nitrogens with two attached hydrogens (primary N) is 1. The molecule has 3 N–H and O–H groups in total. The van der Waals surface area contributed by atoms with Gasteiger partial charge in [0, 0.05) is 0 Å². The second kappa shape index (κ2) is 4.44. The zero-order valence-electron chi connectivity index (χ0n) is 3.41. The molecule has 0 fully saturated rings. The molecular weight excluding hydrogens is 211 g/mol. The average molecular weight is 216 g/mol. The number of hydrogen-bond donors (Lipinski definition) is 2. The van der Waals surface area contributed by atoms with Crippen LogP contribution in [0.15, 0.2) is 4.99 Å². The zero-order chi connectivity index (χ0) is 5.70. The first kappa shape index (κ1) is 7.28. The Bertz CT molecular complexity index is 66.7. The summed E-state index contributed by atoms with van der Waals surface area (Å²) in [5.74, 6) is 4.49. The van der Waals surface area contributed by atoms with Crippen LogP contribution in [0.3, 0.4) is 0 Å². The molecule has 0 aromatic carbocycles. The van der Waals surface area contributed by atoms with Crippen LogP contribution in [0, 0.1) is 0 Å². The summed E-state index contributed by atoms with van der Waals surface area (Å²) in [5, 5.41) is 8.31. The van der Waals surface area contributed by atoms with Gasteiger partial charge in [-0.15, -0.1) is 0 Å². The lowest BCUT2D eigenvalue weighted by Crippen LogP contribution is -2.12. The van der Waals surface area contributed by atoms with Crippen molar-refractivity contribution in [1.29, 1.82) is 0 Å². The lowest BCUT2D eigenvalue weighted by molar-refractivity contribution is -0.0936. The van der Waals surface area contributed by atoms with Crippen molar-refractivity contribution in [3.05, 3.63) is 0 Å². The maximum atomic E-state index is 8.31. The van der Waals surface area contributed by atoms with Crippen LogP contribution >= 0.6 is 22.6 Å². The van der Waals surface area contributed by atoms with Gasteiger partial charge < -0.3 is 5.11 Å². The van der Waals surface area contributed by atoms with Crippen LogP contribution in [0.1, 0.15) is 0 Å². The summed E-state index contributed by atoms with van der Waals surface area (Å²) in [6.45, 7) is 0. The molecule has 0 radical (unpaired) electrons. The molecule has 1 atom stereocenters. The minimum atomic E-state index is -1.21. The largest absolute Gasteiger partial charge is 0.349 e. The van der Waals surface area contributed by atoms with E-state index in [1.54, 1.807) is 0 Å². The molecule has 0 aliphatic carbocycles. The van der Waals surface area contributed by atoms with Gasteiger partial charge in [0.1, 0.15) is 0 Å². The lowest BCUT2D eigenvalue weighted by atomic mass is 11.1. The highest BCUT2D eigenvalue weighted by molar-refractivity contribution is 14.1. The second-order valence-electron chi connectivity index (χ2n) is 0.709. The van der Waals surface area contributed by atoms with Crippen molar-refractivity contribution >= 4 is 26.8 Å². The van der Waals surface area contributed by atoms with Gasteiger partial charge in [0.2, 0.25) is 0 Å². The molecule has 0 saturated carbocycles. The third-order valence-electron chi connectivity index (χ3n) is 0.306. The smallest absolute Gasteiger partial charge is 0.272 e. The Morgan fingerprint density at radius 3 is 2.71 bits per heavy atom. The summed E-state index contributed by atoms with van der Waals surface area (Å²) in [5.41, 5.74) is 0. The molecular formula is C2H5IN2O2. The summed E-state index contributed by atoms with van der Waals surface area (Å²) >= 11 is 1.84. The Morgan fingerprint density at radius 1 is 2.00 bits per heavy atom. The molecule has 7 heavy (non-hydrogen) atoms. The molecule has 4 nitrogen and oxygen atoms in total. The number of halogens is 1. The summed E-state index contributed by atoms with van der Waals surface area (Å²) in [6.07, 6.45) is -1.21. The van der Waals surface area contributed by atoms with Gasteiger partial charge >= 0.3 is 0 Å². The van der Waals surface area contributed by atoms with Gasteiger partial charge in [0.15, 0.2) is 0 Å². The SMILES string of the molecule is NOC(O)/N=C\I. The molecule has 0 bridgehead atoms. The molecule has 0 saturated heterocycles. The molecule has 5 heteroatoms. The van der Waals surface area contributed by atoms with Crippen LogP contribution in [0.25, 0.3) is 0 Å². The fraction of sp³-hybridized carbons (Fsp3) is 0.500. The third-order valence-corrected chi connectivity index (χ3v) is 0.627. The number of aliphatic imine (C=N–C) groups is 1. The minimum Gasteiger partial charge on any atom is -0.349 e. The van der Waals surface area contributed by atoms with E-state index in [4.69, 9.17) is 5.11 Å². The van der Waals surface area contributed by atoms with Gasteiger partial charge in [-0.3, -0.25) is 4.84 Å². The van der Waals surface area contributed by atoms with E-state index in [0.29, 0.717) is 0 Å². The van der Waals surface area contributed by atoms with Crippen molar-refractivity contribution < 1.29 is 9.94 Å². The Labute approximate surface area is 54.5 Å². The van der Waals surface area contributed by atoms with E-state index >= 15 is 0 Å². The van der Waals surface area contributed by atoms with Crippen molar-refractivity contribution in [2.75, 3.05) is 0 Å². The number of rotatable bonds is 2. The van der Waals surface area contributed by atoms with E-state index in [9.17, 15) is 0 Å². The van der Waals surface area contributed by atoms with E-state index < -0.39 is 6.41 Å². The third kappa shape index (κ3) is 4.13. The van der Waals surface area contributed by atoms with Gasteiger partial charge in [-0.25, -0.2) is 10.9 Å². The molecule has 1 unspecified atom stereocenters. The standard InChI is InChI=1S/C2H5IN2O2/c3-1-5-2(6)7-4/h1-2,6H,4H2/b5-1-. The number of aliphatic hydroxyl groups is 1. The topological polar surface area (TPSA) is 67.8 Å². The predicted molar refractivity (Wildman–Crippen MR) is 33.8 cm³/mol. The van der Waals surface area contributed by atoms with E-state index in [2.05, 4.69) is 15.7 Å². The van der Waals surface area contributed by atoms with Crippen molar-refractivity contribution in [1.82, 2.24) is 0 Å². The van der Waals surface area contributed by atoms with Crippen LogP contribution < -0.4 is 5.90 Å². The number of aliphatic hydroxyl groups excluding tert-OH is 1. The highest BCUT2D eigenvalue weighted by Crippen LogP contribution is 1.81. The Balaban J connectivity index is 3.16. The first-order chi connectivity index (χ1) is 3.31. The normalized spacial score (nSPS) is 15.3. The molecule has 0 aromatic rings. The molecule has 0 heterocycles. The van der Waals surface area contributed by atoms with Crippen LogP contribution in [0.5, 0.6) is 0 Å². The highest BCUT2D eigenvalue weighted by atomic mass is 127. The predicted octanol–water partition coefficient (Wildman–Crippen LogP) is -0.384. The highest BCUT2D eigenvalue weighted by Gasteiger charge is 1.90. The quantitative estimate of drug-likeness (QED) is 0.286. The van der Waals surface area contributed by atoms with Gasteiger partial charge in [0.05, 0.1) is 4.22 Å². The van der Waals surface area contributed by atoms with Gasteiger partial charge in [-0.2, -0.15) is 0 Å². The van der Waals surface area contributed by atoms with E-state index in [-0.39, 0.29) is 0 Å². The van der Waals surface area contributed by atoms with Gasteiger partial charge in [-0.05, 0) is 22.6 Å². The monoisotopic (exact) mass is 216 g/mol. The molecule has 0 rings (SSSR count). The average Bonchev–Trinajstić information content (AvgIpc) is 1.68. The van der Waals surface area contributed by atoms with Crippen molar-refractivity contribution in [3.8, 4) is 0 Å². The van der Waals surface area contributed by atoms with Gasteiger partial charge in [-0.1, -0.05) is 0 Å². The Hall–Kier alpha value is 0.280. The van der Waals surface area contributed by atoms with Crippen LogP contribution in [-0.2, 0) is 4.84 Å². The van der Waals surface area contributed by atoms with Crippen molar-refractivity contribution in [2.24, 2.45) is 10.9 Å². The van der Waals surface area contributed by atoms with E-state index in [0.717, 1.165) is 0 Å². The summed E-state index contributed by atoms with van der Waals surface area (Å²) in [7, 11) is 0. The van der Waals surface area contributed by atoms with Crippen molar-refractivity contribution in [2.45, 2.75) is 6.41 Å². The first-order valence-electron chi connectivity index (χ1n) is 1.46.